The van der Waals surface area contributed by atoms with Gasteiger partial charge < -0.3 is 15.2 Å². The quantitative estimate of drug-likeness (QED) is 0.606. The minimum absolute atomic E-state index is 0.0414. The molecule has 2 aromatic heterocycles. The summed E-state index contributed by atoms with van der Waals surface area (Å²) in [5, 5.41) is 2.72. The van der Waals surface area contributed by atoms with Gasteiger partial charge in [0.25, 0.3) is 11.5 Å². The first-order valence-corrected chi connectivity index (χ1v) is 10.9. The Morgan fingerprint density at radius 3 is 2.48 bits per heavy atom. The Morgan fingerprint density at radius 2 is 1.88 bits per heavy atom. The van der Waals surface area contributed by atoms with E-state index in [1.807, 2.05) is 6.07 Å². The van der Waals surface area contributed by atoms with Gasteiger partial charge in [0, 0.05) is 51.4 Å². The Morgan fingerprint density at radius 1 is 1.15 bits per heavy atom. The number of fused-ring (bicyclic) bond motifs is 1. The molecule has 174 valence electrons. The van der Waals surface area contributed by atoms with Crippen molar-refractivity contribution in [1.82, 2.24) is 24.8 Å². The molecule has 4 rings (SSSR count). The molecule has 10 heteroatoms. The van der Waals surface area contributed by atoms with E-state index in [0.29, 0.717) is 30.9 Å². The van der Waals surface area contributed by atoms with Crippen molar-refractivity contribution < 1.29 is 9.18 Å². The van der Waals surface area contributed by atoms with Gasteiger partial charge in [-0.15, -0.1) is 0 Å². The van der Waals surface area contributed by atoms with Crippen LogP contribution in [0.4, 0.5) is 10.1 Å². The molecule has 0 radical (unpaired) electrons. The molecule has 1 aliphatic heterocycles. The maximum Gasteiger partial charge on any atom is 0.329 e. The Balaban J connectivity index is 1.47. The monoisotopic (exact) mass is 454 g/mol. The fourth-order valence-corrected chi connectivity index (χ4v) is 4.14. The molecule has 0 saturated carbocycles. The number of carbonyl (C=O) groups is 1. The number of hydrogen-bond acceptors (Lipinski definition) is 6. The molecule has 9 nitrogen and oxygen atoms in total. The number of hydrogen-bond donors (Lipinski definition) is 2. The van der Waals surface area contributed by atoms with Gasteiger partial charge in [0.05, 0.1) is 22.8 Å². The second-order valence-electron chi connectivity index (χ2n) is 8.40. The second-order valence-corrected chi connectivity index (χ2v) is 8.40. The summed E-state index contributed by atoms with van der Waals surface area (Å²) in [4.78, 5) is 47.6. The molecule has 33 heavy (non-hydrogen) atoms. The lowest BCUT2D eigenvalue weighted by molar-refractivity contribution is 0.0958. The topological polar surface area (TPSA) is 103 Å². The molecule has 1 fully saturated rings. The molecule has 0 bridgehead atoms. The highest BCUT2D eigenvalue weighted by molar-refractivity contribution is 5.92. The van der Waals surface area contributed by atoms with Crippen LogP contribution in [-0.2, 0) is 6.54 Å². The van der Waals surface area contributed by atoms with Crippen LogP contribution in [0.15, 0.2) is 40.1 Å². The number of anilines is 1. The molecule has 1 saturated heterocycles. The van der Waals surface area contributed by atoms with Crippen molar-refractivity contribution in [2.45, 2.75) is 26.4 Å². The standard InChI is InChI=1S/C23H27FN6O3/c1-14(2)30-22(32)17-6-4-15(19(24)20(17)27-23(30)33)13-28-8-10-29(11-9-28)16-5-7-18(26-12-16)21(31)25-3/h4-7,12,14H,8-11,13H2,1-3H3,(H,25,31)(H,27,33). The molecule has 2 N–H and O–H groups in total. The zero-order valence-electron chi connectivity index (χ0n) is 18.9. The van der Waals surface area contributed by atoms with Gasteiger partial charge in [-0.3, -0.25) is 19.1 Å². The summed E-state index contributed by atoms with van der Waals surface area (Å²) in [5.41, 5.74) is 0.593. The molecular weight excluding hydrogens is 427 g/mol. The van der Waals surface area contributed by atoms with Crippen LogP contribution in [0.25, 0.3) is 10.9 Å². The van der Waals surface area contributed by atoms with Crippen LogP contribution in [-0.4, -0.2) is 58.6 Å². The van der Waals surface area contributed by atoms with Crippen LogP contribution in [0.1, 0.15) is 35.9 Å². The third-order valence-electron chi connectivity index (χ3n) is 5.98. The predicted molar refractivity (Wildman–Crippen MR) is 124 cm³/mol. The van der Waals surface area contributed by atoms with Crippen molar-refractivity contribution in [2.24, 2.45) is 0 Å². The highest BCUT2D eigenvalue weighted by Gasteiger charge is 2.21. The van der Waals surface area contributed by atoms with Gasteiger partial charge in [-0.1, -0.05) is 6.07 Å². The molecule has 1 aromatic carbocycles. The Bertz CT molecular complexity index is 1290. The van der Waals surface area contributed by atoms with Gasteiger partial charge in [0.1, 0.15) is 5.69 Å². The fraction of sp³-hybridized carbons (Fsp3) is 0.391. The maximum atomic E-state index is 15.2. The van der Waals surface area contributed by atoms with E-state index in [2.05, 4.69) is 25.1 Å². The number of aromatic amines is 1. The number of aromatic nitrogens is 3. The van der Waals surface area contributed by atoms with Crippen LogP contribution in [0.3, 0.4) is 0 Å². The van der Waals surface area contributed by atoms with Crippen LogP contribution in [0.5, 0.6) is 0 Å². The van der Waals surface area contributed by atoms with E-state index >= 15 is 4.39 Å². The first-order chi connectivity index (χ1) is 15.8. The van der Waals surface area contributed by atoms with E-state index in [0.717, 1.165) is 23.3 Å². The number of H-pyrrole nitrogens is 1. The van der Waals surface area contributed by atoms with Crippen molar-refractivity contribution in [3.63, 3.8) is 0 Å². The van der Waals surface area contributed by atoms with Gasteiger partial charge >= 0.3 is 5.69 Å². The second kappa shape index (κ2) is 9.14. The number of halogens is 1. The first kappa shape index (κ1) is 22.7. The molecule has 0 spiro atoms. The average molecular weight is 455 g/mol. The Kier molecular flexibility index (Phi) is 6.28. The molecular formula is C23H27FN6O3. The zero-order chi connectivity index (χ0) is 23.7. The summed E-state index contributed by atoms with van der Waals surface area (Å²) in [6.07, 6.45) is 1.68. The van der Waals surface area contributed by atoms with E-state index < -0.39 is 17.1 Å². The van der Waals surface area contributed by atoms with Gasteiger partial charge in [-0.2, -0.15) is 0 Å². The van der Waals surface area contributed by atoms with Crippen molar-refractivity contribution in [1.29, 1.82) is 0 Å². The first-order valence-electron chi connectivity index (χ1n) is 10.9. The average Bonchev–Trinajstić information content (AvgIpc) is 2.81. The fourth-order valence-electron chi connectivity index (χ4n) is 4.14. The summed E-state index contributed by atoms with van der Waals surface area (Å²) in [6.45, 7) is 6.72. The van der Waals surface area contributed by atoms with Gasteiger partial charge in [-0.25, -0.2) is 14.2 Å². The largest absolute Gasteiger partial charge is 0.368 e. The van der Waals surface area contributed by atoms with E-state index in [1.165, 1.54) is 0 Å². The van der Waals surface area contributed by atoms with E-state index in [1.54, 1.807) is 45.3 Å². The number of nitrogens with one attached hydrogen (secondary N) is 2. The zero-order valence-corrected chi connectivity index (χ0v) is 18.9. The predicted octanol–water partition coefficient (Wildman–Crippen LogP) is 1.49. The Labute approximate surface area is 189 Å². The lowest BCUT2D eigenvalue weighted by atomic mass is 10.1. The highest BCUT2D eigenvalue weighted by atomic mass is 19.1. The molecule has 3 heterocycles. The van der Waals surface area contributed by atoms with E-state index in [9.17, 15) is 14.4 Å². The Hall–Kier alpha value is -3.53. The number of rotatable bonds is 5. The molecule has 0 unspecified atom stereocenters. The summed E-state index contributed by atoms with van der Waals surface area (Å²) < 4.78 is 16.3. The minimum Gasteiger partial charge on any atom is -0.368 e. The number of benzene rings is 1. The third kappa shape index (κ3) is 4.38. The van der Waals surface area contributed by atoms with Crippen LogP contribution < -0.4 is 21.5 Å². The molecule has 0 atom stereocenters. The number of nitrogens with zero attached hydrogens (tertiary/aromatic N) is 4. The smallest absolute Gasteiger partial charge is 0.329 e. The van der Waals surface area contributed by atoms with Crippen molar-refractivity contribution in [3.8, 4) is 0 Å². The lowest BCUT2D eigenvalue weighted by Crippen LogP contribution is -2.46. The summed E-state index contributed by atoms with van der Waals surface area (Å²) >= 11 is 0. The van der Waals surface area contributed by atoms with E-state index in [-0.39, 0.29) is 22.9 Å². The molecule has 1 amide bonds. The summed E-state index contributed by atoms with van der Waals surface area (Å²) in [5.74, 6) is -0.790. The van der Waals surface area contributed by atoms with Crippen LogP contribution in [0, 0.1) is 5.82 Å². The number of pyridine rings is 1. The van der Waals surface area contributed by atoms with Crippen LogP contribution >= 0.6 is 0 Å². The van der Waals surface area contributed by atoms with Crippen molar-refractivity contribution >= 4 is 22.5 Å². The van der Waals surface area contributed by atoms with E-state index in [4.69, 9.17) is 0 Å². The normalized spacial score (nSPS) is 14.8. The summed E-state index contributed by atoms with van der Waals surface area (Å²) in [7, 11) is 1.56. The summed E-state index contributed by atoms with van der Waals surface area (Å²) in [6, 6.07) is 6.45. The minimum atomic E-state index is -0.608. The van der Waals surface area contributed by atoms with Crippen LogP contribution in [0.2, 0.25) is 0 Å². The van der Waals surface area contributed by atoms with Crippen molar-refractivity contribution in [3.05, 3.63) is 68.4 Å². The number of piperazine rings is 1. The maximum absolute atomic E-state index is 15.2. The van der Waals surface area contributed by atoms with Crippen molar-refractivity contribution in [2.75, 3.05) is 38.1 Å². The SMILES string of the molecule is CNC(=O)c1ccc(N2CCN(Cc3ccc4c(=O)n(C(C)C)c(=O)[nH]c4c3F)CC2)cn1. The highest BCUT2D eigenvalue weighted by Crippen LogP contribution is 2.20. The number of amides is 1. The lowest BCUT2D eigenvalue weighted by Gasteiger charge is -2.36. The molecule has 1 aliphatic rings. The number of carbonyl (C=O) groups excluding carboxylic acids is 1. The van der Waals surface area contributed by atoms with Gasteiger partial charge in [-0.05, 0) is 32.0 Å². The third-order valence-corrected chi connectivity index (χ3v) is 5.98. The van der Waals surface area contributed by atoms with Gasteiger partial charge in [0.15, 0.2) is 5.82 Å². The molecule has 3 aromatic rings. The van der Waals surface area contributed by atoms with Gasteiger partial charge in [0.2, 0.25) is 0 Å². The molecule has 0 aliphatic carbocycles.